The van der Waals surface area contributed by atoms with E-state index in [9.17, 15) is 0 Å². The second-order valence-corrected chi connectivity index (χ2v) is 6.52. The van der Waals surface area contributed by atoms with Crippen LogP contribution in [0.25, 0.3) is 0 Å². The van der Waals surface area contributed by atoms with Crippen molar-refractivity contribution in [1.82, 2.24) is 0 Å². The minimum atomic E-state index is 0.0650. The summed E-state index contributed by atoms with van der Waals surface area (Å²) in [4.78, 5) is 0. The molecule has 0 heteroatoms. The smallest absolute Gasteiger partial charge is 0.0146 e. The fourth-order valence-electron chi connectivity index (χ4n) is 2.92. The molecule has 0 heterocycles. The van der Waals surface area contributed by atoms with Crippen molar-refractivity contribution >= 4 is 0 Å². The summed E-state index contributed by atoms with van der Waals surface area (Å²) in [7, 11) is 0. The number of hydrogen-bond donors (Lipinski definition) is 0. The molecule has 0 nitrogen and oxygen atoms in total. The zero-order valence-corrected chi connectivity index (χ0v) is 13.9. The van der Waals surface area contributed by atoms with Gasteiger partial charge in [0.1, 0.15) is 0 Å². The SMILES string of the molecule is CCCc1ccc(C(C)(C)c2ccc(CCC)cc2)cc1. The van der Waals surface area contributed by atoms with Crippen LogP contribution < -0.4 is 0 Å². The molecule has 0 saturated carbocycles. The van der Waals surface area contributed by atoms with Gasteiger partial charge in [-0.1, -0.05) is 89.1 Å². The van der Waals surface area contributed by atoms with E-state index in [0.717, 1.165) is 0 Å². The van der Waals surface area contributed by atoms with E-state index in [2.05, 4.69) is 76.2 Å². The standard InChI is InChI=1S/C21H28/c1-5-7-17-9-13-19(14-10-17)21(3,4)20-15-11-18(8-6-2)12-16-20/h9-16H,5-8H2,1-4H3. The van der Waals surface area contributed by atoms with Crippen LogP contribution in [0.4, 0.5) is 0 Å². The first-order valence-corrected chi connectivity index (χ1v) is 8.26. The molecule has 21 heavy (non-hydrogen) atoms. The van der Waals surface area contributed by atoms with Crippen LogP contribution >= 0.6 is 0 Å². The van der Waals surface area contributed by atoms with E-state index in [1.165, 1.54) is 47.9 Å². The van der Waals surface area contributed by atoms with Crippen LogP contribution in [0.15, 0.2) is 48.5 Å². The monoisotopic (exact) mass is 280 g/mol. The lowest BCUT2D eigenvalue weighted by atomic mass is 9.77. The summed E-state index contributed by atoms with van der Waals surface area (Å²) in [6.07, 6.45) is 4.77. The van der Waals surface area contributed by atoms with Crippen molar-refractivity contribution in [3.8, 4) is 0 Å². The Morgan fingerprint density at radius 2 is 0.952 bits per heavy atom. The van der Waals surface area contributed by atoms with E-state index < -0.39 is 0 Å². The van der Waals surface area contributed by atoms with Crippen molar-refractivity contribution in [1.29, 1.82) is 0 Å². The molecule has 0 fully saturated rings. The normalized spacial score (nSPS) is 11.6. The maximum atomic E-state index is 2.32. The molecule has 0 aliphatic heterocycles. The highest BCUT2D eigenvalue weighted by molar-refractivity contribution is 5.39. The lowest BCUT2D eigenvalue weighted by Crippen LogP contribution is -2.18. The van der Waals surface area contributed by atoms with Crippen molar-refractivity contribution in [3.05, 3.63) is 70.8 Å². The molecule has 2 rings (SSSR count). The molecule has 0 aliphatic carbocycles. The summed E-state index contributed by atoms with van der Waals surface area (Å²) in [5.41, 5.74) is 5.73. The molecule has 2 aromatic carbocycles. The predicted octanol–water partition coefficient (Wildman–Crippen LogP) is 5.92. The summed E-state index contributed by atoms with van der Waals surface area (Å²) in [6.45, 7) is 9.10. The van der Waals surface area contributed by atoms with Gasteiger partial charge in [-0.05, 0) is 35.1 Å². The third-order valence-corrected chi connectivity index (χ3v) is 4.43. The van der Waals surface area contributed by atoms with Crippen molar-refractivity contribution in [3.63, 3.8) is 0 Å². The number of hydrogen-bond acceptors (Lipinski definition) is 0. The van der Waals surface area contributed by atoms with Crippen LogP contribution in [0.5, 0.6) is 0 Å². The Morgan fingerprint density at radius 3 is 1.24 bits per heavy atom. The Kier molecular flexibility index (Phi) is 5.22. The highest BCUT2D eigenvalue weighted by Crippen LogP contribution is 2.31. The van der Waals surface area contributed by atoms with Crippen LogP contribution in [0.1, 0.15) is 62.8 Å². The quantitative estimate of drug-likeness (QED) is 0.616. The van der Waals surface area contributed by atoms with E-state index in [4.69, 9.17) is 0 Å². The van der Waals surface area contributed by atoms with Gasteiger partial charge in [-0.2, -0.15) is 0 Å². The molecular formula is C21H28. The molecule has 0 aliphatic rings. The van der Waals surface area contributed by atoms with Gasteiger partial charge in [0.25, 0.3) is 0 Å². The summed E-state index contributed by atoms with van der Waals surface area (Å²) >= 11 is 0. The van der Waals surface area contributed by atoms with E-state index >= 15 is 0 Å². The largest absolute Gasteiger partial charge is 0.0651 e. The summed E-state index contributed by atoms with van der Waals surface area (Å²) in [6, 6.07) is 18.3. The number of benzene rings is 2. The Hall–Kier alpha value is -1.56. The molecule has 0 spiro atoms. The molecule has 0 saturated heterocycles. The highest BCUT2D eigenvalue weighted by Gasteiger charge is 2.22. The molecule has 2 aromatic rings. The minimum Gasteiger partial charge on any atom is -0.0651 e. The van der Waals surface area contributed by atoms with Gasteiger partial charge >= 0.3 is 0 Å². The van der Waals surface area contributed by atoms with Gasteiger partial charge in [0.2, 0.25) is 0 Å². The van der Waals surface area contributed by atoms with E-state index in [1.54, 1.807) is 0 Å². The molecule has 112 valence electrons. The Morgan fingerprint density at radius 1 is 0.619 bits per heavy atom. The first kappa shape index (κ1) is 15.8. The number of rotatable bonds is 6. The van der Waals surface area contributed by atoms with Crippen LogP contribution in [-0.4, -0.2) is 0 Å². The lowest BCUT2D eigenvalue weighted by Gasteiger charge is -2.26. The summed E-state index contributed by atoms with van der Waals surface area (Å²) in [5, 5.41) is 0. The fraction of sp³-hybridized carbons (Fsp3) is 0.429. The summed E-state index contributed by atoms with van der Waals surface area (Å²) in [5.74, 6) is 0. The second-order valence-electron chi connectivity index (χ2n) is 6.52. The molecule has 0 atom stereocenters. The first-order valence-electron chi connectivity index (χ1n) is 8.26. The molecular weight excluding hydrogens is 252 g/mol. The molecule has 0 unspecified atom stereocenters. The zero-order chi connectivity index (χ0) is 15.3. The third-order valence-electron chi connectivity index (χ3n) is 4.43. The minimum absolute atomic E-state index is 0.0650. The van der Waals surface area contributed by atoms with Gasteiger partial charge in [0.15, 0.2) is 0 Å². The van der Waals surface area contributed by atoms with Crippen molar-refractivity contribution in [2.45, 2.75) is 58.8 Å². The third kappa shape index (κ3) is 3.75. The van der Waals surface area contributed by atoms with Crippen molar-refractivity contribution in [2.24, 2.45) is 0 Å². The van der Waals surface area contributed by atoms with Crippen LogP contribution in [-0.2, 0) is 18.3 Å². The van der Waals surface area contributed by atoms with Gasteiger partial charge in [0, 0.05) is 5.41 Å². The highest BCUT2D eigenvalue weighted by atomic mass is 14.3. The van der Waals surface area contributed by atoms with Gasteiger partial charge in [0.05, 0.1) is 0 Å². The topological polar surface area (TPSA) is 0 Å². The van der Waals surface area contributed by atoms with E-state index in [1.807, 2.05) is 0 Å². The molecule has 0 aromatic heterocycles. The average Bonchev–Trinajstić information content (AvgIpc) is 2.49. The molecule has 0 radical (unpaired) electrons. The Labute approximate surface area is 130 Å². The van der Waals surface area contributed by atoms with Crippen molar-refractivity contribution in [2.75, 3.05) is 0 Å². The van der Waals surface area contributed by atoms with E-state index in [-0.39, 0.29) is 5.41 Å². The lowest BCUT2D eigenvalue weighted by molar-refractivity contribution is 0.640. The van der Waals surface area contributed by atoms with Gasteiger partial charge in [-0.25, -0.2) is 0 Å². The summed E-state index contributed by atoms with van der Waals surface area (Å²) < 4.78 is 0. The van der Waals surface area contributed by atoms with Crippen LogP contribution in [0, 0.1) is 0 Å². The maximum Gasteiger partial charge on any atom is 0.0146 e. The van der Waals surface area contributed by atoms with Crippen LogP contribution in [0.2, 0.25) is 0 Å². The predicted molar refractivity (Wildman–Crippen MR) is 93.0 cm³/mol. The molecule has 0 bridgehead atoms. The first-order chi connectivity index (χ1) is 10.1. The zero-order valence-electron chi connectivity index (χ0n) is 13.9. The van der Waals surface area contributed by atoms with Crippen LogP contribution in [0.3, 0.4) is 0 Å². The Balaban J connectivity index is 2.23. The molecule has 0 amide bonds. The fourth-order valence-corrected chi connectivity index (χ4v) is 2.92. The Bertz CT molecular complexity index is 492. The maximum absolute atomic E-state index is 2.32. The van der Waals surface area contributed by atoms with Crippen molar-refractivity contribution < 1.29 is 0 Å². The average molecular weight is 280 g/mol. The van der Waals surface area contributed by atoms with E-state index in [0.29, 0.717) is 0 Å². The van der Waals surface area contributed by atoms with Gasteiger partial charge in [-0.15, -0.1) is 0 Å². The van der Waals surface area contributed by atoms with Gasteiger partial charge in [-0.3, -0.25) is 0 Å². The second kappa shape index (κ2) is 6.93. The molecule has 0 N–H and O–H groups in total. The van der Waals surface area contributed by atoms with Gasteiger partial charge < -0.3 is 0 Å². The number of aryl methyl sites for hydroxylation is 2.